The smallest absolute Gasteiger partial charge is 0.306 e. The summed E-state index contributed by atoms with van der Waals surface area (Å²) >= 11 is 6.06. The first-order valence-corrected chi connectivity index (χ1v) is 12.4. The Morgan fingerprint density at radius 3 is 2.30 bits per heavy atom. The highest BCUT2D eigenvalue weighted by Gasteiger charge is 2.41. The van der Waals surface area contributed by atoms with Crippen molar-refractivity contribution >= 4 is 29.4 Å². The monoisotopic (exact) mass is 476 g/mol. The number of benzene rings is 1. The Bertz CT molecular complexity index is 868. The van der Waals surface area contributed by atoms with Crippen LogP contribution >= 0.6 is 11.6 Å². The summed E-state index contributed by atoms with van der Waals surface area (Å²) < 4.78 is 0. The van der Waals surface area contributed by atoms with Crippen LogP contribution in [0.4, 0.5) is 0 Å². The lowest BCUT2D eigenvalue weighted by molar-refractivity contribution is -0.145. The van der Waals surface area contributed by atoms with Gasteiger partial charge in [0.1, 0.15) is 6.04 Å². The molecule has 1 aliphatic carbocycles. The molecular weight excluding hydrogens is 440 g/mol. The van der Waals surface area contributed by atoms with Gasteiger partial charge in [0.15, 0.2) is 0 Å². The molecule has 0 aromatic heterocycles. The van der Waals surface area contributed by atoms with Gasteiger partial charge in [-0.15, -0.1) is 0 Å². The van der Waals surface area contributed by atoms with Gasteiger partial charge in [0.25, 0.3) is 0 Å². The maximum Gasteiger partial charge on any atom is 0.306 e. The van der Waals surface area contributed by atoms with Crippen LogP contribution in [0.5, 0.6) is 0 Å². The Labute approximate surface area is 202 Å². The number of carboxylic acid groups (broad SMARTS) is 1. The van der Waals surface area contributed by atoms with Crippen LogP contribution in [0.15, 0.2) is 24.3 Å². The molecule has 0 radical (unpaired) electrons. The van der Waals surface area contributed by atoms with E-state index in [4.69, 9.17) is 11.6 Å². The number of nitrogens with one attached hydrogen (secondary N) is 1. The van der Waals surface area contributed by atoms with E-state index in [0.717, 1.165) is 12.8 Å². The number of hydrogen-bond acceptors (Lipinski definition) is 3. The number of hydrogen-bond donors (Lipinski definition) is 2. The molecular formula is C26H37ClN2O4. The lowest BCUT2D eigenvalue weighted by Gasteiger charge is -2.46. The highest BCUT2D eigenvalue weighted by Crippen LogP contribution is 2.42. The molecule has 7 heteroatoms. The van der Waals surface area contributed by atoms with Crippen molar-refractivity contribution in [3.8, 4) is 0 Å². The first kappa shape index (κ1) is 25.5. The van der Waals surface area contributed by atoms with Crippen molar-refractivity contribution in [3.05, 3.63) is 34.9 Å². The fourth-order valence-electron chi connectivity index (χ4n) is 5.49. The van der Waals surface area contributed by atoms with Crippen molar-refractivity contribution in [2.24, 2.45) is 23.2 Å². The van der Waals surface area contributed by atoms with Gasteiger partial charge in [-0.1, -0.05) is 57.8 Å². The van der Waals surface area contributed by atoms with Crippen molar-refractivity contribution in [2.75, 3.05) is 13.1 Å². The maximum atomic E-state index is 13.5. The lowest BCUT2D eigenvalue weighted by Crippen LogP contribution is -2.56. The minimum Gasteiger partial charge on any atom is -0.481 e. The molecule has 1 saturated carbocycles. The Kier molecular flexibility index (Phi) is 8.09. The molecule has 3 rings (SSSR count). The van der Waals surface area contributed by atoms with Gasteiger partial charge in [0.2, 0.25) is 11.8 Å². The number of amides is 2. The summed E-state index contributed by atoms with van der Waals surface area (Å²) in [5.74, 6) is -1.64. The van der Waals surface area contributed by atoms with Crippen LogP contribution in [-0.2, 0) is 14.4 Å². The molecule has 1 unspecified atom stereocenters. The van der Waals surface area contributed by atoms with Crippen LogP contribution < -0.4 is 5.32 Å². The fourth-order valence-corrected chi connectivity index (χ4v) is 5.62. The first-order chi connectivity index (χ1) is 15.5. The predicted octanol–water partition coefficient (Wildman–Crippen LogP) is 4.71. The lowest BCUT2D eigenvalue weighted by atomic mass is 9.70. The molecule has 6 nitrogen and oxygen atoms in total. The van der Waals surface area contributed by atoms with E-state index in [-0.39, 0.29) is 29.1 Å². The summed E-state index contributed by atoms with van der Waals surface area (Å²) in [4.78, 5) is 39.7. The highest BCUT2D eigenvalue weighted by atomic mass is 35.5. The molecule has 2 fully saturated rings. The minimum atomic E-state index is -0.838. The molecule has 0 bridgehead atoms. The van der Waals surface area contributed by atoms with Gasteiger partial charge < -0.3 is 15.3 Å². The molecule has 4 atom stereocenters. The third kappa shape index (κ3) is 6.08. The SMILES string of the molecule is CC(C)[C@@H](NC(=O)[C@@H]1CCC[C@H](C(=O)O)C1)C(=O)N1CCC(c2ccc(Cl)cc2)C(C)(C)C1. The van der Waals surface area contributed by atoms with Crippen LogP contribution in [0.1, 0.15) is 71.3 Å². The van der Waals surface area contributed by atoms with Gasteiger partial charge in [0, 0.05) is 24.0 Å². The number of carbonyl (C=O) groups is 3. The van der Waals surface area contributed by atoms with Crippen molar-refractivity contribution < 1.29 is 19.5 Å². The number of likely N-dealkylation sites (tertiary alicyclic amines) is 1. The van der Waals surface area contributed by atoms with Crippen molar-refractivity contribution in [3.63, 3.8) is 0 Å². The summed E-state index contributed by atoms with van der Waals surface area (Å²) in [5.41, 5.74) is 1.11. The maximum absolute atomic E-state index is 13.5. The zero-order valence-corrected chi connectivity index (χ0v) is 20.9. The van der Waals surface area contributed by atoms with Crippen LogP contribution in [-0.4, -0.2) is 46.9 Å². The average Bonchev–Trinajstić information content (AvgIpc) is 2.76. The van der Waals surface area contributed by atoms with E-state index in [1.54, 1.807) is 0 Å². The van der Waals surface area contributed by atoms with Gasteiger partial charge >= 0.3 is 5.97 Å². The van der Waals surface area contributed by atoms with E-state index < -0.39 is 17.9 Å². The van der Waals surface area contributed by atoms with Crippen LogP contribution in [0.25, 0.3) is 0 Å². The average molecular weight is 477 g/mol. The summed E-state index contributed by atoms with van der Waals surface area (Å²) in [5, 5.41) is 13.0. The molecule has 1 heterocycles. The summed E-state index contributed by atoms with van der Waals surface area (Å²) in [7, 11) is 0. The molecule has 0 spiro atoms. The highest BCUT2D eigenvalue weighted by molar-refractivity contribution is 6.30. The predicted molar refractivity (Wildman–Crippen MR) is 129 cm³/mol. The second-order valence-electron chi connectivity index (χ2n) is 10.8. The molecule has 2 N–H and O–H groups in total. The zero-order valence-electron chi connectivity index (χ0n) is 20.1. The summed E-state index contributed by atoms with van der Waals surface area (Å²) in [6.07, 6.45) is 3.21. The second-order valence-corrected chi connectivity index (χ2v) is 11.2. The molecule has 33 heavy (non-hydrogen) atoms. The van der Waals surface area contributed by atoms with Crippen molar-refractivity contribution in [1.29, 1.82) is 0 Å². The molecule has 2 amide bonds. The number of piperidine rings is 1. The Morgan fingerprint density at radius 2 is 1.73 bits per heavy atom. The minimum absolute atomic E-state index is 0.0495. The zero-order chi connectivity index (χ0) is 24.3. The van der Waals surface area contributed by atoms with E-state index in [1.165, 1.54) is 5.56 Å². The van der Waals surface area contributed by atoms with E-state index in [9.17, 15) is 19.5 Å². The van der Waals surface area contributed by atoms with E-state index >= 15 is 0 Å². The second kappa shape index (κ2) is 10.5. The quantitative estimate of drug-likeness (QED) is 0.622. The Hall–Kier alpha value is -2.08. The van der Waals surface area contributed by atoms with Gasteiger partial charge in [-0.2, -0.15) is 0 Å². The number of carbonyl (C=O) groups excluding carboxylic acids is 2. The normalized spacial score (nSPS) is 26.0. The van der Waals surface area contributed by atoms with Gasteiger partial charge in [0.05, 0.1) is 5.92 Å². The van der Waals surface area contributed by atoms with Gasteiger partial charge in [-0.25, -0.2) is 0 Å². The standard InChI is InChI=1S/C26H37ClN2O4/c1-16(2)22(28-23(30)18-6-5-7-19(14-18)25(32)33)24(31)29-13-12-21(26(3,4)15-29)17-8-10-20(27)11-9-17/h8-11,16,18-19,21-22H,5-7,12-15H2,1-4H3,(H,28,30)(H,32,33)/t18-,19+,21?,22-/m1/s1. The van der Waals surface area contributed by atoms with E-state index in [1.807, 2.05) is 30.9 Å². The third-order valence-corrected chi connectivity index (χ3v) is 7.69. The van der Waals surface area contributed by atoms with Gasteiger partial charge in [-0.3, -0.25) is 14.4 Å². The number of halogens is 1. The summed E-state index contributed by atoms with van der Waals surface area (Å²) in [6, 6.07) is 7.35. The van der Waals surface area contributed by atoms with Crippen LogP contribution in [0, 0.1) is 23.2 Å². The molecule has 2 aliphatic rings. The summed E-state index contributed by atoms with van der Waals surface area (Å²) in [6.45, 7) is 9.50. The fraction of sp³-hybridized carbons (Fsp3) is 0.654. The van der Waals surface area contributed by atoms with Crippen molar-refractivity contribution in [2.45, 2.75) is 71.8 Å². The van der Waals surface area contributed by atoms with Crippen LogP contribution in [0.2, 0.25) is 5.02 Å². The van der Waals surface area contributed by atoms with E-state index in [0.29, 0.717) is 43.3 Å². The first-order valence-electron chi connectivity index (χ1n) is 12.1. The number of aliphatic carboxylic acids is 1. The van der Waals surface area contributed by atoms with Gasteiger partial charge in [-0.05, 0) is 60.6 Å². The Balaban J connectivity index is 1.67. The molecule has 1 aliphatic heterocycles. The van der Waals surface area contributed by atoms with Crippen LogP contribution in [0.3, 0.4) is 0 Å². The number of nitrogens with zero attached hydrogens (tertiary/aromatic N) is 1. The topological polar surface area (TPSA) is 86.7 Å². The molecule has 182 valence electrons. The van der Waals surface area contributed by atoms with E-state index in [2.05, 4.69) is 31.3 Å². The Morgan fingerprint density at radius 1 is 1.09 bits per heavy atom. The third-order valence-electron chi connectivity index (χ3n) is 7.44. The molecule has 1 saturated heterocycles. The number of rotatable bonds is 6. The molecule has 1 aromatic rings. The largest absolute Gasteiger partial charge is 0.481 e. The number of carboxylic acids is 1. The molecule has 1 aromatic carbocycles. The van der Waals surface area contributed by atoms with Crippen molar-refractivity contribution in [1.82, 2.24) is 10.2 Å².